The lowest BCUT2D eigenvalue weighted by molar-refractivity contribution is 0.0497. The molecule has 1 amide bonds. The predicted octanol–water partition coefficient (Wildman–Crippen LogP) is 4.89. The Bertz CT molecular complexity index is 1110. The normalized spacial score (nSPS) is 14.4. The number of carbonyl (C=O) groups is 1. The van der Waals surface area contributed by atoms with Crippen molar-refractivity contribution in [1.29, 1.82) is 10.5 Å². The van der Waals surface area contributed by atoms with Gasteiger partial charge >= 0.3 is 6.09 Å². The maximum absolute atomic E-state index is 14.1. The molecule has 9 heteroatoms. The lowest BCUT2D eigenvalue weighted by atomic mass is 10.0. The number of amides is 1. The van der Waals surface area contributed by atoms with Crippen LogP contribution >= 0.6 is 15.9 Å². The number of benzene rings is 1. The van der Waals surface area contributed by atoms with E-state index in [1.54, 1.807) is 18.2 Å². The lowest BCUT2D eigenvalue weighted by Gasteiger charge is -2.34. The number of aromatic nitrogens is 1. The number of carbonyl (C=O) groups excluding carboxylic acids is 1. The van der Waals surface area contributed by atoms with Crippen LogP contribution in [-0.2, 0) is 4.74 Å². The van der Waals surface area contributed by atoms with Crippen molar-refractivity contribution in [3.8, 4) is 23.4 Å². The average Bonchev–Trinajstić information content (AvgIpc) is 2.72. The Labute approximate surface area is 194 Å². The molecular weight excluding hydrogens is 477 g/mol. The molecule has 1 saturated heterocycles. The molecule has 3 rings (SSSR count). The van der Waals surface area contributed by atoms with Gasteiger partial charge in [-0.1, -0.05) is 6.07 Å². The van der Waals surface area contributed by atoms with Crippen LogP contribution in [0.3, 0.4) is 0 Å². The highest BCUT2D eigenvalue weighted by Gasteiger charge is 2.26. The van der Waals surface area contributed by atoms with Gasteiger partial charge in [0.2, 0.25) is 0 Å². The maximum atomic E-state index is 14.1. The molecule has 0 radical (unpaired) electrons. The molecule has 0 unspecified atom stereocenters. The summed E-state index contributed by atoms with van der Waals surface area (Å²) in [4.78, 5) is 18.7. The summed E-state index contributed by atoms with van der Waals surface area (Å²) in [5.74, 6) is -0.121. The van der Waals surface area contributed by atoms with Crippen LogP contribution in [0.25, 0.3) is 11.3 Å². The number of alkyl carbamates (subject to hydrolysis) is 1. The minimum Gasteiger partial charge on any atom is -0.444 e. The van der Waals surface area contributed by atoms with Gasteiger partial charge in [-0.05, 0) is 67.7 Å². The predicted molar refractivity (Wildman–Crippen MR) is 121 cm³/mol. The van der Waals surface area contributed by atoms with Gasteiger partial charge in [-0.15, -0.1) is 0 Å². The van der Waals surface area contributed by atoms with E-state index in [2.05, 4.69) is 32.3 Å². The van der Waals surface area contributed by atoms with Crippen LogP contribution in [0.4, 0.5) is 15.0 Å². The molecule has 1 N–H and O–H groups in total. The summed E-state index contributed by atoms with van der Waals surface area (Å²) < 4.78 is 20.0. The maximum Gasteiger partial charge on any atom is 0.407 e. The first-order valence-electron chi connectivity index (χ1n) is 10.2. The summed E-state index contributed by atoms with van der Waals surface area (Å²) >= 11 is 3.42. The largest absolute Gasteiger partial charge is 0.444 e. The molecule has 0 spiro atoms. The van der Waals surface area contributed by atoms with Crippen LogP contribution in [0.5, 0.6) is 0 Å². The van der Waals surface area contributed by atoms with E-state index in [-0.39, 0.29) is 11.6 Å². The van der Waals surface area contributed by atoms with E-state index >= 15 is 0 Å². The second kappa shape index (κ2) is 9.54. The van der Waals surface area contributed by atoms with Crippen molar-refractivity contribution in [1.82, 2.24) is 10.3 Å². The molecule has 1 fully saturated rings. The molecule has 166 valence electrons. The number of rotatable bonds is 3. The van der Waals surface area contributed by atoms with Crippen LogP contribution in [0, 0.1) is 28.5 Å². The fourth-order valence-electron chi connectivity index (χ4n) is 3.47. The first-order chi connectivity index (χ1) is 15.1. The topological polar surface area (TPSA) is 102 Å². The second-order valence-electron chi connectivity index (χ2n) is 8.52. The van der Waals surface area contributed by atoms with Gasteiger partial charge < -0.3 is 15.0 Å². The van der Waals surface area contributed by atoms with Gasteiger partial charge in [0, 0.05) is 29.2 Å². The van der Waals surface area contributed by atoms with Crippen LogP contribution in [-0.4, -0.2) is 35.8 Å². The standard InChI is InChI=1S/C23H23BrFN5O2/c1-23(2,3)32-22(31)28-17-6-8-30(9-7-17)21-16(13-27)10-18(24)20(29-21)14-4-5-15(12-26)19(25)11-14/h4-5,10-11,17H,6-9H2,1-3H3,(H,28,31). The van der Waals surface area contributed by atoms with Crippen molar-refractivity contribution in [2.75, 3.05) is 18.0 Å². The minimum absolute atomic E-state index is 0.0332. The number of hydrogen-bond acceptors (Lipinski definition) is 6. The smallest absolute Gasteiger partial charge is 0.407 e. The van der Waals surface area contributed by atoms with Gasteiger partial charge in [0.05, 0.1) is 16.8 Å². The molecule has 0 saturated carbocycles. The summed E-state index contributed by atoms with van der Waals surface area (Å²) in [6.45, 7) is 6.62. The van der Waals surface area contributed by atoms with E-state index in [0.717, 1.165) is 0 Å². The van der Waals surface area contributed by atoms with E-state index < -0.39 is 17.5 Å². The van der Waals surface area contributed by atoms with E-state index in [0.29, 0.717) is 53.0 Å². The summed E-state index contributed by atoms with van der Waals surface area (Å²) in [6, 6.07) is 9.90. The van der Waals surface area contributed by atoms with Crippen LogP contribution < -0.4 is 10.2 Å². The Kier molecular flexibility index (Phi) is 7.00. The first-order valence-corrected chi connectivity index (χ1v) is 11.0. The molecule has 1 aromatic carbocycles. The number of anilines is 1. The Hall–Kier alpha value is -3.17. The van der Waals surface area contributed by atoms with Crippen LogP contribution in [0.15, 0.2) is 28.7 Å². The average molecular weight is 500 g/mol. The molecule has 0 bridgehead atoms. The number of halogens is 2. The molecular formula is C23H23BrFN5O2. The Morgan fingerprint density at radius 1 is 1.22 bits per heavy atom. The van der Waals surface area contributed by atoms with Crippen molar-refractivity contribution in [3.63, 3.8) is 0 Å². The molecule has 1 aromatic heterocycles. The van der Waals surface area contributed by atoms with Gasteiger partial charge in [0.1, 0.15) is 29.4 Å². The van der Waals surface area contributed by atoms with E-state index in [1.807, 2.05) is 25.7 Å². The minimum atomic E-state index is -0.626. The number of nitrogens with one attached hydrogen (secondary N) is 1. The summed E-state index contributed by atoms with van der Waals surface area (Å²) in [5, 5.41) is 21.5. The van der Waals surface area contributed by atoms with Gasteiger partial charge in [-0.25, -0.2) is 14.2 Å². The molecule has 32 heavy (non-hydrogen) atoms. The fourth-order valence-corrected chi connectivity index (χ4v) is 4.01. The summed E-state index contributed by atoms with van der Waals surface area (Å²) in [7, 11) is 0. The molecule has 7 nitrogen and oxygen atoms in total. The third-order valence-corrected chi connectivity index (χ3v) is 5.56. The second-order valence-corrected chi connectivity index (χ2v) is 9.37. The zero-order valence-corrected chi connectivity index (χ0v) is 19.7. The van der Waals surface area contributed by atoms with E-state index in [1.165, 1.54) is 12.1 Å². The molecule has 2 aromatic rings. The van der Waals surface area contributed by atoms with Crippen molar-refractivity contribution in [2.24, 2.45) is 0 Å². The molecule has 0 atom stereocenters. The zero-order valence-electron chi connectivity index (χ0n) is 18.1. The number of ether oxygens (including phenoxy) is 1. The Balaban J connectivity index is 1.79. The highest BCUT2D eigenvalue weighted by molar-refractivity contribution is 9.10. The SMILES string of the molecule is CC(C)(C)OC(=O)NC1CCN(c2nc(-c3ccc(C#N)c(F)c3)c(Br)cc2C#N)CC1. The fraction of sp³-hybridized carbons (Fsp3) is 0.391. The molecule has 2 heterocycles. The summed E-state index contributed by atoms with van der Waals surface area (Å²) in [5.41, 5.74) is 0.776. The van der Waals surface area contributed by atoms with E-state index in [9.17, 15) is 14.4 Å². The van der Waals surface area contributed by atoms with Crippen molar-refractivity contribution >= 4 is 27.8 Å². The van der Waals surface area contributed by atoms with E-state index in [4.69, 9.17) is 10.00 Å². The van der Waals surface area contributed by atoms with Crippen molar-refractivity contribution < 1.29 is 13.9 Å². The number of hydrogen-bond donors (Lipinski definition) is 1. The quantitative estimate of drug-likeness (QED) is 0.644. The highest BCUT2D eigenvalue weighted by Crippen LogP contribution is 2.33. The number of piperidine rings is 1. The number of nitrogens with zero attached hydrogens (tertiary/aromatic N) is 4. The van der Waals surface area contributed by atoms with Crippen molar-refractivity contribution in [2.45, 2.75) is 45.3 Å². The monoisotopic (exact) mass is 499 g/mol. The van der Waals surface area contributed by atoms with Crippen LogP contribution in [0.2, 0.25) is 0 Å². The zero-order chi connectivity index (χ0) is 23.5. The van der Waals surface area contributed by atoms with Crippen LogP contribution in [0.1, 0.15) is 44.7 Å². The van der Waals surface area contributed by atoms with Gasteiger partial charge in [-0.3, -0.25) is 0 Å². The number of nitriles is 2. The van der Waals surface area contributed by atoms with Gasteiger partial charge in [0.15, 0.2) is 0 Å². The van der Waals surface area contributed by atoms with Gasteiger partial charge in [-0.2, -0.15) is 10.5 Å². The Morgan fingerprint density at radius 2 is 1.88 bits per heavy atom. The third kappa shape index (κ3) is 5.54. The Morgan fingerprint density at radius 3 is 2.44 bits per heavy atom. The molecule has 1 aliphatic heterocycles. The molecule has 0 aliphatic carbocycles. The number of pyridine rings is 1. The third-order valence-electron chi connectivity index (χ3n) is 4.95. The summed E-state index contributed by atoms with van der Waals surface area (Å²) in [6.07, 6.45) is 0.895. The van der Waals surface area contributed by atoms with Crippen molar-refractivity contribution in [3.05, 3.63) is 45.7 Å². The lowest BCUT2D eigenvalue weighted by Crippen LogP contribution is -2.46. The molecule has 1 aliphatic rings. The van der Waals surface area contributed by atoms with Gasteiger partial charge in [0.25, 0.3) is 0 Å². The highest BCUT2D eigenvalue weighted by atomic mass is 79.9. The first kappa shape index (κ1) is 23.5.